The van der Waals surface area contributed by atoms with Crippen LogP contribution in [0.3, 0.4) is 0 Å². The minimum absolute atomic E-state index is 0.0235. The summed E-state index contributed by atoms with van der Waals surface area (Å²) in [6.07, 6.45) is 2.87. The average molecular weight is 224 g/mol. The van der Waals surface area contributed by atoms with Crippen LogP contribution in [0.1, 0.15) is 13.8 Å². The topological polar surface area (TPSA) is 26.3 Å². The molecule has 0 fully saturated rings. The second kappa shape index (κ2) is 6.97. The first-order valence-corrected chi connectivity index (χ1v) is 6.65. The number of carbonyl (C=O) groups is 1. The molecule has 0 aliphatic rings. The molecule has 0 N–H and O–H groups in total. The predicted octanol–water partition coefficient (Wildman–Crippen LogP) is 2.70. The van der Waals surface area contributed by atoms with Crippen molar-refractivity contribution in [1.29, 1.82) is 0 Å². The first-order chi connectivity index (χ1) is 6.93. The van der Waals surface area contributed by atoms with Crippen LogP contribution < -0.4 is 0 Å². The molecule has 0 rings (SSSR count). The quantitative estimate of drug-likeness (QED) is 0.287. The molecular formula is C11H18BO2P. The van der Waals surface area contributed by atoms with Gasteiger partial charge in [0.15, 0.2) is 5.78 Å². The third-order valence-electron chi connectivity index (χ3n) is 2.48. The van der Waals surface area contributed by atoms with Gasteiger partial charge < -0.3 is 4.52 Å². The summed E-state index contributed by atoms with van der Waals surface area (Å²) < 4.78 is 5.52. The van der Waals surface area contributed by atoms with Crippen LogP contribution >= 0.6 is 8.03 Å². The van der Waals surface area contributed by atoms with Crippen LogP contribution in [0.5, 0.6) is 0 Å². The highest BCUT2D eigenvalue weighted by Crippen LogP contribution is 2.32. The number of hydrogen-bond donors (Lipinski definition) is 0. The molecule has 4 atom stereocenters. The lowest BCUT2D eigenvalue weighted by Crippen LogP contribution is -2.28. The van der Waals surface area contributed by atoms with Crippen LogP contribution in [0.4, 0.5) is 0 Å². The minimum atomic E-state index is -0.935. The summed E-state index contributed by atoms with van der Waals surface area (Å²) in [7, 11) is 4.67. The van der Waals surface area contributed by atoms with Gasteiger partial charge in [0, 0.05) is 5.92 Å². The number of ketones is 1. The van der Waals surface area contributed by atoms with Gasteiger partial charge in [0.25, 0.3) is 0 Å². The van der Waals surface area contributed by atoms with Crippen molar-refractivity contribution in [3.63, 3.8) is 0 Å². The van der Waals surface area contributed by atoms with Crippen molar-refractivity contribution in [3.05, 3.63) is 25.3 Å². The Balaban J connectivity index is 4.49. The molecule has 0 amide bonds. The summed E-state index contributed by atoms with van der Waals surface area (Å²) in [6.45, 7) is 12.8. The summed E-state index contributed by atoms with van der Waals surface area (Å²) in [4.78, 5) is 11.4. The largest absolute Gasteiger partial charge is 0.363 e. The van der Waals surface area contributed by atoms with Crippen molar-refractivity contribution >= 4 is 21.4 Å². The number of allylic oxidation sites excluding steroid dienone is 1. The molecule has 0 saturated carbocycles. The Morgan fingerprint density at radius 1 is 1.47 bits per heavy atom. The Hall–Kier alpha value is -0.395. The van der Waals surface area contributed by atoms with Crippen LogP contribution in [-0.2, 0) is 9.32 Å². The Kier molecular flexibility index (Phi) is 6.79. The molecule has 0 aliphatic heterocycles. The third kappa shape index (κ3) is 4.77. The highest BCUT2D eigenvalue weighted by atomic mass is 31.1. The zero-order chi connectivity index (χ0) is 12.0. The van der Waals surface area contributed by atoms with Crippen molar-refractivity contribution in [2.24, 2.45) is 11.8 Å². The Labute approximate surface area is 95.0 Å². The van der Waals surface area contributed by atoms with Crippen LogP contribution in [0, 0.1) is 11.8 Å². The van der Waals surface area contributed by atoms with Crippen LogP contribution in [0.25, 0.3) is 0 Å². The maximum absolute atomic E-state index is 11.4. The van der Waals surface area contributed by atoms with Gasteiger partial charge in [-0.15, -0.1) is 6.58 Å². The lowest BCUT2D eigenvalue weighted by atomic mass is 9.87. The molecule has 4 unspecified atom stereocenters. The van der Waals surface area contributed by atoms with Gasteiger partial charge in [-0.05, 0) is 26.7 Å². The number of rotatable bonds is 7. The fourth-order valence-electron chi connectivity index (χ4n) is 1.28. The Morgan fingerprint density at radius 3 is 2.33 bits per heavy atom. The van der Waals surface area contributed by atoms with Crippen molar-refractivity contribution < 1.29 is 9.32 Å². The molecule has 0 aromatic heterocycles. The van der Waals surface area contributed by atoms with Crippen LogP contribution in [0.15, 0.2) is 25.3 Å². The Morgan fingerprint density at radius 2 is 2.00 bits per heavy atom. The first-order valence-electron chi connectivity index (χ1n) is 4.88. The second-order valence-electron chi connectivity index (χ2n) is 3.61. The van der Waals surface area contributed by atoms with Gasteiger partial charge in [-0.1, -0.05) is 26.5 Å². The molecule has 82 valence electrons. The fourth-order valence-corrected chi connectivity index (χ4v) is 1.94. The minimum Gasteiger partial charge on any atom is -0.363 e. The average Bonchev–Trinajstić information content (AvgIpc) is 2.22. The van der Waals surface area contributed by atoms with Gasteiger partial charge >= 0.3 is 0 Å². The summed E-state index contributed by atoms with van der Waals surface area (Å²) >= 11 is 0. The van der Waals surface area contributed by atoms with Gasteiger partial charge in [0.2, 0.25) is 0 Å². The maximum atomic E-state index is 11.4. The van der Waals surface area contributed by atoms with Gasteiger partial charge in [0.1, 0.15) is 7.57 Å². The molecule has 0 bridgehead atoms. The standard InChI is InChI=1S/C11H18BO2P/c1-6-10(13)8(3)9(4)11(7-2)14-15(5)12/h6-9,11H,1-2H2,3-5H3. The van der Waals surface area contributed by atoms with Gasteiger partial charge in [-0.3, -0.25) is 4.79 Å². The van der Waals surface area contributed by atoms with Gasteiger partial charge in [-0.2, -0.15) is 0 Å². The van der Waals surface area contributed by atoms with Crippen molar-refractivity contribution in [2.45, 2.75) is 20.0 Å². The zero-order valence-electron chi connectivity index (χ0n) is 9.64. The maximum Gasteiger partial charge on any atom is 0.158 e. The summed E-state index contributed by atoms with van der Waals surface area (Å²) in [5.74, 6) is -0.0441. The lowest BCUT2D eigenvalue weighted by Gasteiger charge is -2.27. The molecule has 2 nitrogen and oxygen atoms in total. The molecule has 0 aromatic rings. The molecule has 0 saturated heterocycles. The van der Waals surface area contributed by atoms with E-state index in [2.05, 4.69) is 13.2 Å². The first kappa shape index (κ1) is 14.6. The number of hydrogen-bond acceptors (Lipinski definition) is 2. The smallest absolute Gasteiger partial charge is 0.158 e. The molecule has 4 heteroatoms. The van der Waals surface area contributed by atoms with Crippen molar-refractivity contribution in [1.82, 2.24) is 0 Å². The van der Waals surface area contributed by atoms with Crippen LogP contribution in [0.2, 0.25) is 0 Å². The molecular weight excluding hydrogens is 206 g/mol. The second-order valence-corrected chi connectivity index (χ2v) is 4.91. The van der Waals surface area contributed by atoms with E-state index in [9.17, 15) is 4.79 Å². The normalized spacial score (nSPS) is 18.6. The van der Waals surface area contributed by atoms with E-state index in [0.29, 0.717) is 0 Å². The Bertz CT molecular complexity index is 241. The SMILES string of the molecule is [B]P(C)OC(C=C)C(C)C(C)C(=O)C=C. The molecule has 0 spiro atoms. The van der Waals surface area contributed by atoms with Crippen LogP contribution in [-0.4, -0.2) is 26.1 Å². The fraction of sp³-hybridized carbons (Fsp3) is 0.545. The predicted molar refractivity (Wildman–Crippen MR) is 67.2 cm³/mol. The van der Waals surface area contributed by atoms with Crippen molar-refractivity contribution in [2.75, 3.05) is 6.66 Å². The van der Waals surface area contributed by atoms with E-state index >= 15 is 0 Å². The van der Waals surface area contributed by atoms with Crippen molar-refractivity contribution in [3.8, 4) is 0 Å². The molecule has 2 radical (unpaired) electrons. The zero-order valence-corrected chi connectivity index (χ0v) is 10.5. The van der Waals surface area contributed by atoms with E-state index in [1.807, 2.05) is 20.5 Å². The summed E-state index contributed by atoms with van der Waals surface area (Å²) in [6, 6.07) is 0. The molecule has 0 aliphatic carbocycles. The van der Waals surface area contributed by atoms with E-state index in [1.54, 1.807) is 6.08 Å². The molecule has 0 aromatic carbocycles. The monoisotopic (exact) mass is 224 g/mol. The highest BCUT2D eigenvalue weighted by molar-refractivity contribution is 7.77. The van der Waals surface area contributed by atoms with Gasteiger partial charge in [0.05, 0.1) is 6.10 Å². The summed E-state index contributed by atoms with van der Waals surface area (Å²) in [5.41, 5.74) is 0. The molecule has 0 heterocycles. The van der Waals surface area contributed by atoms with E-state index in [0.717, 1.165) is 0 Å². The highest BCUT2D eigenvalue weighted by Gasteiger charge is 2.25. The van der Waals surface area contributed by atoms with E-state index in [4.69, 9.17) is 12.1 Å². The number of carbonyl (C=O) groups excluding carboxylic acids is 1. The third-order valence-corrected chi connectivity index (χ3v) is 3.05. The summed E-state index contributed by atoms with van der Waals surface area (Å²) in [5, 5.41) is 0. The van der Waals surface area contributed by atoms with E-state index < -0.39 is 8.03 Å². The van der Waals surface area contributed by atoms with Gasteiger partial charge in [-0.25, -0.2) is 0 Å². The van der Waals surface area contributed by atoms with E-state index in [1.165, 1.54) is 6.08 Å². The van der Waals surface area contributed by atoms with E-state index in [-0.39, 0.29) is 23.7 Å². The molecule has 15 heavy (non-hydrogen) atoms. The lowest BCUT2D eigenvalue weighted by molar-refractivity contribution is -0.119.